The Morgan fingerprint density at radius 3 is 2.00 bits per heavy atom. The summed E-state index contributed by atoms with van der Waals surface area (Å²) in [5.74, 6) is 0. The molecule has 0 atom stereocenters. The third kappa shape index (κ3) is 8.19. The minimum absolute atomic E-state index is 0.000000000000000222. The molecule has 0 amide bonds. The summed E-state index contributed by atoms with van der Waals surface area (Å²) in [6.45, 7) is 0.479. The van der Waals surface area contributed by atoms with E-state index in [0.29, 0.717) is 6.54 Å². The van der Waals surface area contributed by atoms with Crippen LogP contribution in [0.4, 0.5) is 5.69 Å². The summed E-state index contributed by atoms with van der Waals surface area (Å²) in [7, 11) is 0. The number of thiocarbonyl (C=S) groups is 2. The van der Waals surface area contributed by atoms with Gasteiger partial charge in [-0.25, -0.2) is 0 Å². The molecule has 0 fully saturated rings. The topological polar surface area (TPSA) is 133 Å². The van der Waals surface area contributed by atoms with Gasteiger partial charge in [0.15, 0.2) is 10.2 Å². The zero-order valence-electron chi connectivity index (χ0n) is 9.33. The van der Waals surface area contributed by atoms with Crippen LogP contribution in [0, 0.1) is 10.1 Å². The standard InChI is InChI=1S/C8H9N3O2S.CH4N2S/c9-8(14)10-5-6-1-3-7(4-2-6)11(12)13;2-1(3)4/h1-4H,5H2,(H3,9,10,14);(H4,2,3,4). The van der Waals surface area contributed by atoms with Gasteiger partial charge in [-0.1, -0.05) is 12.1 Å². The lowest BCUT2D eigenvalue weighted by Gasteiger charge is -2.02. The Morgan fingerprint density at radius 2 is 1.67 bits per heavy atom. The first-order chi connectivity index (χ1) is 8.32. The quantitative estimate of drug-likeness (QED) is 0.350. The molecule has 0 unspecified atom stereocenters. The maximum absolute atomic E-state index is 10.3. The lowest BCUT2D eigenvalue weighted by Crippen LogP contribution is -2.28. The second-order valence-corrected chi connectivity index (χ2v) is 3.95. The van der Waals surface area contributed by atoms with Crippen molar-refractivity contribution < 1.29 is 4.92 Å². The fourth-order valence-electron chi connectivity index (χ4n) is 0.925. The smallest absolute Gasteiger partial charge is 0.269 e. The Hall–Kier alpha value is -2.00. The molecule has 18 heavy (non-hydrogen) atoms. The van der Waals surface area contributed by atoms with Crippen LogP contribution < -0.4 is 22.5 Å². The summed E-state index contributed by atoms with van der Waals surface area (Å²) in [5, 5.41) is 13.3. The van der Waals surface area contributed by atoms with Crippen LogP contribution in [0.15, 0.2) is 24.3 Å². The highest BCUT2D eigenvalue weighted by Crippen LogP contribution is 2.11. The van der Waals surface area contributed by atoms with Crippen molar-refractivity contribution in [2.75, 3.05) is 0 Å². The van der Waals surface area contributed by atoms with Gasteiger partial charge in [0.1, 0.15) is 0 Å². The zero-order valence-corrected chi connectivity index (χ0v) is 11.0. The molecule has 0 aliphatic heterocycles. The summed E-state index contributed by atoms with van der Waals surface area (Å²) in [6, 6.07) is 6.19. The molecule has 1 rings (SSSR count). The van der Waals surface area contributed by atoms with Crippen LogP contribution in [0.1, 0.15) is 5.56 Å². The first-order valence-corrected chi connectivity index (χ1v) is 5.46. The van der Waals surface area contributed by atoms with Crippen molar-refractivity contribution >= 4 is 40.3 Å². The molecule has 9 heteroatoms. The monoisotopic (exact) mass is 287 g/mol. The number of nitrogens with one attached hydrogen (secondary N) is 1. The Balaban J connectivity index is 0.000000631. The summed E-state index contributed by atoms with van der Waals surface area (Å²) in [6.07, 6.45) is 0. The molecule has 1 aromatic rings. The Bertz CT molecular complexity index is 431. The van der Waals surface area contributed by atoms with Crippen molar-refractivity contribution in [2.24, 2.45) is 17.2 Å². The number of nitrogens with zero attached hydrogens (tertiary/aromatic N) is 1. The molecule has 0 heterocycles. The number of non-ortho nitro benzene ring substituents is 1. The molecular formula is C9H13N5O2S2. The van der Waals surface area contributed by atoms with Gasteiger partial charge in [0, 0.05) is 18.7 Å². The van der Waals surface area contributed by atoms with Crippen LogP contribution in [0.3, 0.4) is 0 Å². The Morgan fingerprint density at radius 1 is 1.22 bits per heavy atom. The van der Waals surface area contributed by atoms with E-state index in [2.05, 4.69) is 41.2 Å². The van der Waals surface area contributed by atoms with Gasteiger partial charge in [0.2, 0.25) is 0 Å². The van der Waals surface area contributed by atoms with Crippen LogP contribution in [0.5, 0.6) is 0 Å². The maximum atomic E-state index is 10.3. The van der Waals surface area contributed by atoms with Crippen LogP contribution in [0.2, 0.25) is 0 Å². The van der Waals surface area contributed by atoms with Crippen molar-refractivity contribution in [2.45, 2.75) is 6.54 Å². The molecule has 0 aliphatic carbocycles. The molecule has 0 radical (unpaired) electrons. The average molecular weight is 287 g/mol. The molecule has 0 bridgehead atoms. The molecule has 0 saturated carbocycles. The van der Waals surface area contributed by atoms with Crippen molar-refractivity contribution in [3.05, 3.63) is 39.9 Å². The summed E-state index contributed by atoms with van der Waals surface area (Å²) >= 11 is 8.71. The zero-order chi connectivity index (χ0) is 14.1. The van der Waals surface area contributed by atoms with E-state index in [4.69, 9.17) is 5.73 Å². The molecule has 0 spiro atoms. The third-order valence-corrected chi connectivity index (χ3v) is 1.76. The van der Waals surface area contributed by atoms with Gasteiger partial charge >= 0.3 is 0 Å². The molecule has 7 N–H and O–H groups in total. The molecule has 98 valence electrons. The predicted octanol–water partition coefficient (Wildman–Crippen LogP) is 0.117. The van der Waals surface area contributed by atoms with E-state index in [0.717, 1.165) is 5.56 Å². The van der Waals surface area contributed by atoms with Gasteiger partial charge in [-0.3, -0.25) is 10.1 Å². The minimum Gasteiger partial charge on any atom is -0.377 e. The van der Waals surface area contributed by atoms with E-state index in [1.54, 1.807) is 12.1 Å². The largest absolute Gasteiger partial charge is 0.377 e. The lowest BCUT2D eigenvalue weighted by molar-refractivity contribution is -0.384. The van der Waals surface area contributed by atoms with Crippen LogP contribution in [-0.2, 0) is 6.54 Å². The van der Waals surface area contributed by atoms with Crippen LogP contribution in [-0.4, -0.2) is 15.1 Å². The number of hydrogen-bond acceptors (Lipinski definition) is 4. The maximum Gasteiger partial charge on any atom is 0.269 e. The van der Waals surface area contributed by atoms with E-state index >= 15 is 0 Å². The third-order valence-electron chi connectivity index (χ3n) is 1.61. The summed E-state index contributed by atoms with van der Waals surface area (Å²) in [4.78, 5) is 9.89. The van der Waals surface area contributed by atoms with Gasteiger partial charge in [0.25, 0.3) is 5.69 Å². The molecular weight excluding hydrogens is 274 g/mol. The Kier molecular flexibility index (Phi) is 7.24. The molecule has 0 aromatic heterocycles. The van der Waals surface area contributed by atoms with E-state index in [-0.39, 0.29) is 15.9 Å². The average Bonchev–Trinajstić information content (AvgIpc) is 2.26. The second kappa shape index (κ2) is 8.14. The van der Waals surface area contributed by atoms with E-state index in [9.17, 15) is 10.1 Å². The van der Waals surface area contributed by atoms with Gasteiger partial charge in [-0.15, -0.1) is 0 Å². The van der Waals surface area contributed by atoms with E-state index < -0.39 is 4.92 Å². The van der Waals surface area contributed by atoms with Crippen molar-refractivity contribution in [3.8, 4) is 0 Å². The fraction of sp³-hybridized carbons (Fsp3) is 0.111. The van der Waals surface area contributed by atoms with Gasteiger partial charge in [0.05, 0.1) is 4.92 Å². The summed E-state index contributed by atoms with van der Waals surface area (Å²) < 4.78 is 0. The number of nitrogens with two attached hydrogens (primary N) is 3. The van der Waals surface area contributed by atoms with Crippen LogP contribution >= 0.6 is 24.4 Å². The highest BCUT2D eigenvalue weighted by molar-refractivity contribution is 7.80. The number of hydrogen-bond donors (Lipinski definition) is 4. The first-order valence-electron chi connectivity index (χ1n) is 4.64. The van der Waals surface area contributed by atoms with Gasteiger partial charge in [-0.05, 0) is 30.0 Å². The first kappa shape index (κ1) is 16.0. The van der Waals surface area contributed by atoms with Crippen molar-refractivity contribution in [1.29, 1.82) is 0 Å². The second-order valence-electron chi connectivity index (χ2n) is 3.04. The molecule has 1 aromatic carbocycles. The normalized spacial score (nSPS) is 8.67. The highest BCUT2D eigenvalue weighted by Gasteiger charge is 2.03. The minimum atomic E-state index is -0.440. The van der Waals surface area contributed by atoms with Crippen LogP contribution in [0.25, 0.3) is 0 Å². The molecule has 7 nitrogen and oxygen atoms in total. The van der Waals surface area contributed by atoms with Crippen molar-refractivity contribution in [3.63, 3.8) is 0 Å². The predicted molar refractivity (Wildman–Crippen MR) is 77.7 cm³/mol. The Labute approximate surface area is 114 Å². The number of nitro benzene ring substituents is 1. The van der Waals surface area contributed by atoms with Gasteiger partial charge < -0.3 is 22.5 Å². The lowest BCUT2D eigenvalue weighted by atomic mass is 10.2. The van der Waals surface area contributed by atoms with E-state index in [1.807, 2.05) is 0 Å². The number of nitro groups is 1. The molecule has 0 saturated heterocycles. The van der Waals surface area contributed by atoms with Gasteiger partial charge in [-0.2, -0.15) is 0 Å². The number of rotatable bonds is 3. The van der Waals surface area contributed by atoms with Crippen molar-refractivity contribution in [1.82, 2.24) is 5.32 Å². The molecule has 0 aliphatic rings. The SMILES string of the molecule is NC(=S)NCc1ccc([N+](=O)[O-])cc1.NC(N)=S. The highest BCUT2D eigenvalue weighted by atomic mass is 32.1. The van der Waals surface area contributed by atoms with E-state index in [1.165, 1.54) is 12.1 Å². The fourth-order valence-corrected chi connectivity index (χ4v) is 0.997. The summed E-state index contributed by atoms with van der Waals surface area (Å²) in [5.41, 5.74) is 15.4. The number of benzene rings is 1.